The molecule has 0 atom stereocenters. The van der Waals surface area contributed by atoms with Crippen LogP contribution in [0.2, 0.25) is 5.02 Å². The lowest BCUT2D eigenvalue weighted by molar-refractivity contribution is 0.0656. The van der Waals surface area contributed by atoms with Gasteiger partial charge in [-0.15, -0.1) is 0 Å². The fourth-order valence-corrected chi connectivity index (χ4v) is 2.09. The number of amides is 1. The average molecular weight is 264 g/mol. The Balaban J connectivity index is 2.04. The van der Waals surface area contributed by atoms with E-state index in [9.17, 15) is 4.79 Å². The number of hydrogen-bond acceptors (Lipinski definition) is 3. The molecule has 4 nitrogen and oxygen atoms in total. The van der Waals surface area contributed by atoms with E-state index >= 15 is 0 Å². The van der Waals surface area contributed by atoms with Crippen LogP contribution in [-0.4, -0.2) is 28.9 Å². The minimum Gasteiger partial charge on any atom is -0.337 e. The van der Waals surface area contributed by atoms with Gasteiger partial charge in [0.25, 0.3) is 5.91 Å². The Bertz CT molecular complexity index is 484. The molecular weight excluding hydrogens is 250 g/mol. The lowest BCUT2D eigenvalue weighted by Crippen LogP contribution is -2.41. The van der Waals surface area contributed by atoms with E-state index in [1.807, 2.05) is 6.92 Å². The Labute approximate surface area is 111 Å². The molecule has 0 N–H and O–H groups in total. The van der Waals surface area contributed by atoms with Crippen molar-refractivity contribution in [3.63, 3.8) is 0 Å². The van der Waals surface area contributed by atoms with E-state index in [1.54, 1.807) is 17.0 Å². The molecule has 2 heterocycles. The Morgan fingerprint density at radius 2 is 2.17 bits per heavy atom. The molecule has 0 spiro atoms. The molecule has 2 rings (SSSR count). The Kier molecular flexibility index (Phi) is 3.53. The molecule has 0 bridgehead atoms. The zero-order valence-electron chi connectivity index (χ0n) is 10.2. The minimum atomic E-state index is -0.301. The summed E-state index contributed by atoms with van der Waals surface area (Å²) in [7, 11) is 0. The molecule has 0 aromatic carbocycles. The quantitative estimate of drug-likeness (QED) is 0.782. The van der Waals surface area contributed by atoms with E-state index in [2.05, 4.69) is 11.1 Å². The van der Waals surface area contributed by atoms with Crippen LogP contribution in [0.4, 0.5) is 0 Å². The summed E-state index contributed by atoms with van der Waals surface area (Å²) in [6.45, 7) is 3.15. The van der Waals surface area contributed by atoms with Gasteiger partial charge in [-0.3, -0.25) is 4.79 Å². The third-order valence-electron chi connectivity index (χ3n) is 3.37. The number of nitrogens with zero attached hydrogens (tertiary/aromatic N) is 3. The summed E-state index contributed by atoms with van der Waals surface area (Å²) in [5.74, 6) is -0.0911. The second-order valence-corrected chi connectivity index (χ2v) is 5.26. The monoisotopic (exact) mass is 263 g/mol. The Morgan fingerprint density at radius 3 is 2.67 bits per heavy atom. The summed E-state index contributed by atoms with van der Waals surface area (Å²) in [6, 6.07) is 5.60. The van der Waals surface area contributed by atoms with Crippen LogP contribution in [0.15, 0.2) is 18.3 Å². The van der Waals surface area contributed by atoms with Gasteiger partial charge in [-0.1, -0.05) is 11.6 Å². The number of carbonyl (C=O) groups excluding carboxylic acids is 1. The third-order valence-corrected chi connectivity index (χ3v) is 3.59. The highest BCUT2D eigenvalue weighted by atomic mass is 35.5. The molecule has 1 saturated heterocycles. The van der Waals surface area contributed by atoms with Crippen molar-refractivity contribution >= 4 is 17.5 Å². The zero-order chi connectivity index (χ0) is 13.2. The van der Waals surface area contributed by atoms with E-state index in [1.165, 1.54) is 6.20 Å². The number of aromatic nitrogens is 1. The van der Waals surface area contributed by atoms with Gasteiger partial charge in [0.2, 0.25) is 0 Å². The van der Waals surface area contributed by atoms with Crippen molar-refractivity contribution in [2.45, 2.75) is 19.8 Å². The first kappa shape index (κ1) is 12.8. The molecule has 18 heavy (non-hydrogen) atoms. The van der Waals surface area contributed by atoms with Crippen LogP contribution >= 0.6 is 11.6 Å². The predicted octanol–water partition coefficient (Wildman–Crippen LogP) is 2.50. The average Bonchev–Trinajstić information content (AvgIpc) is 2.40. The second-order valence-electron chi connectivity index (χ2n) is 4.83. The highest BCUT2D eigenvalue weighted by Gasteiger charge is 2.32. The Hall–Kier alpha value is -1.60. The predicted molar refractivity (Wildman–Crippen MR) is 68.1 cm³/mol. The fraction of sp³-hybridized carbons (Fsp3) is 0.462. The number of hydrogen-bond donors (Lipinski definition) is 0. The molecular formula is C13H14ClN3O. The number of rotatable bonds is 1. The van der Waals surface area contributed by atoms with Crippen LogP contribution in [0.5, 0.6) is 0 Å². The van der Waals surface area contributed by atoms with Crippen molar-refractivity contribution in [3.05, 3.63) is 29.0 Å². The van der Waals surface area contributed by atoms with E-state index < -0.39 is 0 Å². The second kappa shape index (κ2) is 4.95. The van der Waals surface area contributed by atoms with Crippen molar-refractivity contribution in [1.29, 1.82) is 5.26 Å². The summed E-state index contributed by atoms with van der Waals surface area (Å²) in [6.07, 6.45) is 2.89. The van der Waals surface area contributed by atoms with E-state index in [4.69, 9.17) is 16.9 Å². The maximum atomic E-state index is 12.1. The normalized spacial score (nSPS) is 18.2. The molecule has 0 aliphatic carbocycles. The van der Waals surface area contributed by atoms with Gasteiger partial charge < -0.3 is 4.90 Å². The molecule has 1 amide bonds. The molecule has 1 aliphatic rings. The molecule has 0 radical (unpaired) electrons. The molecule has 1 aromatic rings. The van der Waals surface area contributed by atoms with Gasteiger partial charge in [0.05, 0.1) is 16.5 Å². The van der Waals surface area contributed by atoms with Crippen LogP contribution in [0.25, 0.3) is 0 Å². The van der Waals surface area contributed by atoms with Crippen LogP contribution in [0, 0.1) is 16.7 Å². The summed E-state index contributed by atoms with van der Waals surface area (Å²) in [4.78, 5) is 17.9. The van der Waals surface area contributed by atoms with Crippen molar-refractivity contribution in [2.75, 3.05) is 13.1 Å². The van der Waals surface area contributed by atoms with Crippen molar-refractivity contribution in [1.82, 2.24) is 9.88 Å². The first-order chi connectivity index (χ1) is 8.54. The van der Waals surface area contributed by atoms with Gasteiger partial charge in [-0.25, -0.2) is 4.98 Å². The molecule has 5 heteroatoms. The molecule has 1 fully saturated rings. The van der Waals surface area contributed by atoms with Crippen molar-refractivity contribution in [3.8, 4) is 6.07 Å². The van der Waals surface area contributed by atoms with Gasteiger partial charge in [0.15, 0.2) is 0 Å². The van der Waals surface area contributed by atoms with Gasteiger partial charge in [-0.2, -0.15) is 5.26 Å². The van der Waals surface area contributed by atoms with Gasteiger partial charge in [0.1, 0.15) is 5.69 Å². The number of piperidine rings is 1. The van der Waals surface area contributed by atoms with Gasteiger partial charge in [-0.05, 0) is 31.9 Å². The maximum absolute atomic E-state index is 12.1. The lowest BCUT2D eigenvalue weighted by atomic mass is 9.82. The lowest BCUT2D eigenvalue weighted by Gasteiger charge is -2.34. The van der Waals surface area contributed by atoms with E-state index in [0.29, 0.717) is 36.6 Å². The smallest absolute Gasteiger partial charge is 0.272 e. The summed E-state index contributed by atoms with van der Waals surface area (Å²) in [5, 5.41) is 9.56. The van der Waals surface area contributed by atoms with E-state index in [0.717, 1.165) is 0 Å². The maximum Gasteiger partial charge on any atom is 0.272 e. The fourth-order valence-electron chi connectivity index (χ4n) is 1.98. The minimum absolute atomic E-state index is 0.0911. The highest BCUT2D eigenvalue weighted by Crippen LogP contribution is 2.30. The summed E-state index contributed by atoms with van der Waals surface area (Å²) in [5.41, 5.74) is 0.101. The van der Waals surface area contributed by atoms with Crippen LogP contribution in [-0.2, 0) is 0 Å². The number of halogens is 1. The molecule has 0 unspecified atom stereocenters. The van der Waals surface area contributed by atoms with Gasteiger partial charge >= 0.3 is 0 Å². The van der Waals surface area contributed by atoms with Crippen LogP contribution < -0.4 is 0 Å². The SMILES string of the molecule is CC1(C#N)CCN(C(=O)c2ccc(Cl)cn2)CC1. The number of nitriles is 1. The first-order valence-electron chi connectivity index (χ1n) is 5.86. The molecule has 0 saturated carbocycles. The number of pyridine rings is 1. The standard InChI is InChI=1S/C13H14ClN3O/c1-13(9-15)4-6-17(7-5-13)12(18)11-3-2-10(14)8-16-11/h2-3,8H,4-7H2,1H3. The molecule has 1 aromatic heterocycles. The first-order valence-corrected chi connectivity index (χ1v) is 6.24. The Morgan fingerprint density at radius 1 is 1.50 bits per heavy atom. The largest absolute Gasteiger partial charge is 0.337 e. The zero-order valence-corrected chi connectivity index (χ0v) is 10.9. The van der Waals surface area contributed by atoms with Crippen LogP contribution in [0.3, 0.4) is 0 Å². The highest BCUT2D eigenvalue weighted by molar-refractivity contribution is 6.30. The van der Waals surface area contributed by atoms with Crippen molar-refractivity contribution in [2.24, 2.45) is 5.41 Å². The van der Waals surface area contributed by atoms with E-state index in [-0.39, 0.29) is 11.3 Å². The van der Waals surface area contributed by atoms with Gasteiger partial charge in [0, 0.05) is 19.3 Å². The van der Waals surface area contributed by atoms with Crippen molar-refractivity contribution < 1.29 is 4.79 Å². The third kappa shape index (κ3) is 2.62. The van der Waals surface area contributed by atoms with Crippen LogP contribution in [0.1, 0.15) is 30.3 Å². The molecule has 1 aliphatic heterocycles. The summed E-state index contributed by atoms with van der Waals surface area (Å²) >= 11 is 5.73. The number of likely N-dealkylation sites (tertiary alicyclic amines) is 1. The summed E-state index contributed by atoms with van der Waals surface area (Å²) < 4.78 is 0. The topological polar surface area (TPSA) is 57.0 Å². The number of carbonyl (C=O) groups is 1. The molecule has 94 valence electrons.